The van der Waals surface area contributed by atoms with Gasteiger partial charge in [0.15, 0.2) is 0 Å². The van der Waals surface area contributed by atoms with Crippen molar-refractivity contribution in [2.45, 2.75) is 11.3 Å². The van der Waals surface area contributed by atoms with Crippen molar-refractivity contribution in [1.29, 1.82) is 0 Å². The number of primary sulfonamides is 1. The molecule has 0 aliphatic carbocycles. The molecule has 6 heteroatoms. The third-order valence-electron chi connectivity index (χ3n) is 1.90. The molecule has 1 aromatic carbocycles. The average molecular weight is 245 g/mol. The van der Waals surface area contributed by atoms with Crippen LogP contribution in [-0.2, 0) is 14.8 Å². The minimum atomic E-state index is -3.67. The van der Waals surface area contributed by atoms with E-state index in [-0.39, 0.29) is 4.90 Å². The van der Waals surface area contributed by atoms with Crippen molar-refractivity contribution < 1.29 is 17.9 Å². The van der Waals surface area contributed by atoms with Gasteiger partial charge in [0.2, 0.25) is 10.0 Å². The van der Waals surface area contributed by atoms with Crippen molar-refractivity contribution in [2.24, 2.45) is 5.14 Å². The summed E-state index contributed by atoms with van der Waals surface area (Å²) in [5, 5.41) is 5.00. The van der Waals surface area contributed by atoms with Gasteiger partial charge in [-0.25, -0.2) is 13.6 Å². The number of rotatable bonds is 6. The Morgan fingerprint density at radius 2 is 2.06 bits per heavy atom. The lowest BCUT2D eigenvalue weighted by Crippen LogP contribution is -2.12. The number of hydrogen-bond donors (Lipinski definition) is 1. The molecule has 0 amide bonds. The standard InChI is InChI=1S/C10H15NO4S/c1-14-6-3-7-15-9-4-2-5-10(8-9)16(11,12)13/h2,4-5,8H,3,6-7H2,1H3,(H2,11,12,13). The third kappa shape index (κ3) is 4.18. The van der Waals surface area contributed by atoms with E-state index in [2.05, 4.69) is 0 Å². The Labute approximate surface area is 95.2 Å². The fraction of sp³-hybridized carbons (Fsp3) is 0.400. The van der Waals surface area contributed by atoms with Gasteiger partial charge in [0.1, 0.15) is 5.75 Å². The lowest BCUT2D eigenvalue weighted by Gasteiger charge is -2.06. The Kier molecular flexibility index (Phi) is 4.72. The largest absolute Gasteiger partial charge is 0.493 e. The Bertz CT molecular complexity index is 430. The molecule has 0 heterocycles. The monoisotopic (exact) mass is 245 g/mol. The van der Waals surface area contributed by atoms with Crippen molar-refractivity contribution >= 4 is 10.0 Å². The maximum Gasteiger partial charge on any atom is 0.238 e. The highest BCUT2D eigenvalue weighted by Crippen LogP contribution is 2.16. The molecule has 1 rings (SSSR count). The Morgan fingerprint density at radius 1 is 1.31 bits per heavy atom. The molecule has 0 unspecified atom stereocenters. The predicted octanol–water partition coefficient (Wildman–Crippen LogP) is 0.749. The third-order valence-corrected chi connectivity index (χ3v) is 2.81. The minimum Gasteiger partial charge on any atom is -0.493 e. The summed E-state index contributed by atoms with van der Waals surface area (Å²) in [7, 11) is -2.05. The number of nitrogens with two attached hydrogens (primary N) is 1. The SMILES string of the molecule is COCCCOc1cccc(S(N)(=O)=O)c1. The van der Waals surface area contributed by atoms with Crippen molar-refractivity contribution in [3.63, 3.8) is 0 Å². The van der Waals surface area contributed by atoms with Gasteiger partial charge in [-0.3, -0.25) is 0 Å². The van der Waals surface area contributed by atoms with Crippen LogP contribution >= 0.6 is 0 Å². The molecule has 0 saturated carbocycles. The van der Waals surface area contributed by atoms with Gasteiger partial charge >= 0.3 is 0 Å². The number of ether oxygens (including phenoxy) is 2. The van der Waals surface area contributed by atoms with E-state index in [1.54, 1.807) is 19.2 Å². The normalized spacial score (nSPS) is 11.4. The van der Waals surface area contributed by atoms with Gasteiger partial charge in [-0.2, -0.15) is 0 Å². The van der Waals surface area contributed by atoms with E-state index < -0.39 is 10.0 Å². The second-order valence-electron chi connectivity index (χ2n) is 3.21. The van der Waals surface area contributed by atoms with Crippen molar-refractivity contribution in [1.82, 2.24) is 0 Å². The Hall–Kier alpha value is -1.11. The Balaban J connectivity index is 2.62. The van der Waals surface area contributed by atoms with E-state index in [1.807, 2.05) is 0 Å². The highest BCUT2D eigenvalue weighted by Gasteiger charge is 2.07. The number of hydrogen-bond acceptors (Lipinski definition) is 4. The lowest BCUT2D eigenvalue weighted by molar-refractivity contribution is 0.172. The smallest absolute Gasteiger partial charge is 0.238 e. The second kappa shape index (κ2) is 5.83. The predicted molar refractivity (Wildman–Crippen MR) is 59.8 cm³/mol. The maximum atomic E-state index is 11.1. The maximum absolute atomic E-state index is 11.1. The van der Waals surface area contributed by atoms with E-state index in [0.29, 0.717) is 19.0 Å². The van der Waals surface area contributed by atoms with Crippen molar-refractivity contribution in [3.05, 3.63) is 24.3 Å². The van der Waals surface area contributed by atoms with E-state index in [9.17, 15) is 8.42 Å². The van der Waals surface area contributed by atoms with Gasteiger partial charge in [0.05, 0.1) is 11.5 Å². The fourth-order valence-electron chi connectivity index (χ4n) is 1.13. The summed E-state index contributed by atoms with van der Waals surface area (Å²) in [6.45, 7) is 1.08. The van der Waals surface area contributed by atoms with Crippen molar-refractivity contribution in [3.8, 4) is 5.75 Å². The van der Waals surface area contributed by atoms with Gasteiger partial charge in [-0.15, -0.1) is 0 Å². The molecule has 0 saturated heterocycles. The lowest BCUT2D eigenvalue weighted by atomic mass is 10.3. The van der Waals surface area contributed by atoms with Gasteiger partial charge in [0.25, 0.3) is 0 Å². The zero-order chi connectivity index (χ0) is 12.0. The van der Waals surface area contributed by atoms with Gasteiger partial charge < -0.3 is 9.47 Å². The molecule has 0 radical (unpaired) electrons. The van der Waals surface area contributed by atoms with Gasteiger partial charge in [0, 0.05) is 26.2 Å². The van der Waals surface area contributed by atoms with E-state index in [4.69, 9.17) is 14.6 Å². The summed E-state index contributed by atoms with van der Waals surface area (Å²) in [4.78, 5) is 0.0525. The van der Waals surface area contributed by atoms with Crippen LogP contribution in [0.5, 0.6) is 5.75 Å². The number of benzene rings is 1. The number of methoxy groups -OCH3 is 1. The molecule has 0 aliphatic heterocycles. The van der Waals surface area contributed by atoms with Crippen LogP contribution in [-0.4, -0.2) is 28.7 Å². The molecular formula is C10H15NO4S. The quantitative estimate of drug-likeness (QED) is 0.750. The highest BCUT2D eigenvalue weighted by atomic mass is 32.2. The first-order chi connectivity index (χ1) is 7.54. The minimum absolute atomic E-state index is 0.0525. The zero-order valence-electron chi connectivity index (χ0n) is 9.05. The number of sulfonamides is 1. The highest BCUT2D eigenvalue weighted by molar-refractivity contribution is 7.89. The van der Waals surface area contributed by atoms with Crippen LogP contribution in [0.25, 0.3) is 0 Å². The molecule has 0 fully saturated rings. The average Bonchev–Trinajstić information content (AvgIpc) is 2.24. The molecule has 0 aromatic heterocycles. The van der Waals surface area contributed by atoms with Gasteiger partial charge in [-0.05, 0) is 12.1 Å². The summed E-state index contributed by atoms with van der Waals surface area (Å²) < 4.78 is 32.3. The first kappa shape index (κ1) is 13.0. The van der Waals surface area contributed by atoms with Crippen LogP contribution in [0.2, 0.25) is 0 Å². The summed E-state index contributed by atoms with van der Waals surface area (Å²) in [5.74, 6) is 0.489. The summed E-state index contributed by atoms with van der Waals surface area (Å²) >= 11 is 0. The van der Waals surface area contributed by atoms with Crippen LogP contribution in [0, 0.1) is 0 Å². The molecule has 90 valence electrons. The van der Waals surface area contributed by atoms with Crippen LogP contribution in [0.15, 0.2) is 29.2 Å². The topological polar surface area (TPSA) is 78.6 Å². The van der Waals surface area contributed by atoms with E-state index in [1.165, 1.54) is 12.1 Å². The molecule has 0 bridgehead atoms. The fourth-order valence-corrected chi connectivity index (χ4v) is 1.68. The van der Waals surface area contributed by atoms with E-state index in [0.717, 1.165) is 6.42 Å². The summed E-state index contributed by atoms with van der Waals surface area (Å²) in [5.41, 5.74) is 0. The molecule has 0 aliphatic rings. The molecule has 1 aromatic rings. The van der Waals surface area contributed by atoms with Crippen LogP contribution in [0.4, 0.5) is 0 Å². The second-order valence-corrected chi connectivity index (χ2v) is 4.78. The van der Waals surface area contributed by atoms with Crippen LogP contribution in [0.3, 0.4) is 0 Å². The molecule has 0 spiro atoms. The summed E-state index contributed by atoms with van der Waals surface area (Å²) in [6.07, 6.45) is 0.746. The molecule has 2 N–H and O–H groups in total. The van der Waals surface area contributed by atoms with E-state index >= 15 is 0 Å². The van der Waals surface area contributed by atoms with Crippen LogP contribution < -0.4 is 9.88 Å². The molecular weight excluding hydrogens is 230 g/mol. The summed E-state index contributed by atoms with van der Waals surface area (Å²) in [6, 6.07) is 6.10. The van der Waals surface area contributed by atoms with Gasteiger partial charge in [-0.1, -0.05) is 6.07 Å². The van der Waals surface area contributed by atoms with Crippen LogP contribution in [0.1, 0.15) is 6.42 Å². The molecule has 0 atom stereocenters. The Morgan fingerprint density at radius 3 is 2.69 bits per heavy atom. The first-order valence-electron chi connectivity index (χ1n) is 4.78. The molecule has 5 nitrogen and oxygen atoms in total. The molecule has 16 heavy (non-hydrogen) atoms. The zero-order valence-corrected chi connectivity index (χ0v) is 9.87. The van der Waals surface area contributed by atoms with Crippen molar-refractivity contribution in [2.75, 3.05) is 20.3 Å². The first-order valence-corrected chi connectivity index (χ1v) is 6.33.